The highest BCUT2D eigenvalue weighted by atomic mass is 32.2. The van der Waals surface area contributed by atoms with Gasteiger partial charge in [0.05, 0.1) is 7.11 Å². The molecule has 0 saturated carbocycles. The first-order valence-electron chi connectivity index (χ1n) is 9.24. The Morgan fingerprint density at radius 3 is 2.50 bits per heavy atom. The summed E-state index contributed by atoms with van der Waals surface area (Å²) in [6.07, 6.45) is 1.96. The summed E-state index contributed by atoms with van der Waals surface area (Å²) < 4.78 is 10.7. The molecule has 0 unspecified atom stereocenters. The Kier molecular flexibility index (Phi) is 7.93. The molecule has 0 fully saturated rings. The molecule has 2 aromatic carbocycles. The Labute approximate surface area is 170 Å². The van der Waals surface area contributed by atoms with Crippen molar-refractivity contribution in [3.63, 3.8) is 0 Å². The van der Waals surface area contributed by atoms with Crippen LogP contribution in [0.5, 0.6) is 5.75 Å². The van der Waals surface area contributed by atoms with Crippen molar-refractivity contribution in [2.24, 2.45) is 0 Å². The van der Waals surface area contributed by atoms with Crippen LogP contribution in [0.3, 0.4) is 0 Å². The summed E-state index contributed by atoms with van der Waals surface area (Å²) in [4.78, 5) is 26.1. The average Bonchev–Trinajstić information content (AvgIpc) is 2.72. The van der Waals surface area contributed by atoms with Crippen LogP contribution >= 0.6 is 11.8 Å². The molecule has 2 atom stereocenters. The number of carbonyl (C=O) groups is 2. The summed E-state index contributed by atoms with van der Waals surface area (Å²) in [6.45, 7) is 5.77. The van der Waals surface area contributed by atoms with Crippen molar-refractivity contribution in [1.29, 1.82) is 0 Å². The fourth-order valence-corrected chi connectivity index (χ4v) is 3.17. The summed E-state index contributed by atoms with van der Waals surface area (Å²) in [5.41, 5.74) is 2.10. The van der Waals surface area contributed by atoms with Gasteiger partial charge in [-0.2, -0.15) is 0 Å². The highest BCUT2D eigenvalue weighted by Crippen LogP contribution is 2.28. The summed E-state index contributed by atoms with van der Waals surface area (Å²) in [6, 6.07) is 12.9. The van der Waals surface area contributed by atoms with E-state index in [1.807, 2.05) is 36.6 Å². The van der Waals surface area contributed by atoms with Gasteiger partial charge in [0.1, 0.15) is 11.3 Å². The number of thioether (sulfide) groups is 1. The molecule has 6 heteroatoms. The number of rotatable bonds is 8. The topological polar surface area (TPSA) is 64.6 Å². The average molecular weight is 402 g/mol. The molecule has 0 radical (unpaired) electrons. The van der Waals surface area contributed by atoms with Crippen LogP contribution in [0.4, 0.5) is 5.69 Å². The number of nitrogens with one attached hydrogen (secondary N) is 1. The van der Waals surface area contributed by atoms with Crippen molar-refractivity contribution in [2.45, 2.75) is 44.1 Å². The molecule has 0 spiro atoms. The van der Waals surface area contributed by atoms with Crippen molar-refractivity contribution in [2.75, 3.05) is 18.7 Å². The molecule has 1 amide bonds. The number of benzene rings is 2. The zero-order valence-electron chi connectivity index (χ0n) is 16.9. The van der Waals surface area contributed by atoms with Crippen molar-refractivity contribution in [1.82, 2.24) is 0 Å². The van der Waals surface area contributed by atoms with E-state index in [4.69, 9.17) is 9.47 Å². The molecule has 0 aliphatic rings. The molecular formula is C22H27NO4S. The van der Waals surface area contributed by atoms with Gasteiger partial charge in [-0.15, -0.1) is 11.8 Å². The van der Waals surface area contributed by atoms with Crippen molar-refractivity contribution in [3.8, 4) is 5.75 Å². The summed E-state index contributed by atoms with van der Waals surface area (Å²) in [5.74, 6) is -0.230. The second kappa shape index (κ2) is 10.2. The summed E-state index contributed by atoms with van der Waals surface area (Å²) in [7, 11) is 1.50. The molecule has 1 N–H and O–H groups in total. The monoisotopic (exact) mass is 401 g/mol. The number of esters is 1. The van der Waals surface area contributed by atoms with Gasteiger partial charge in [0.2, 0.25) is 0 Å². The molecule has 150 valence electrons. The summed E-state index contributed by atoms with van der Waals surface area (Å²) >= 11 is 1.55. The van der Waals surface area contributed by atoms with Crippen LogP contribution in [0.2, 0.25) is 0 Å². The maximum Gasteiger partial charge on any atom is 0.342 e. The number of carbonyl (C=O) groups excluding carboxylic acids is 2. The summed E-state index contributed by atoms with van der Waals surface area (Å²) in [5, 5.41) is 2.88. The molecule has 0 aliphatic heterocycles. The van der Waals surface area contributed by atoms with Crippen LogP contribution in [-0.2, 0) is 9.53 Å². The lowest BCUT2D eigenvalue weighted by molar-refractivity contribution is -0.123. The zero-order chi connectivity index (χ0) is 20.7. The van der Waals surface area contributed by atoms with E-state index in [2.05, 4.69) is 19.2 Å². The Morgan fingerprint density at radius 1 is 1.14 bits per heavy atom. The van der Waals surface area contributed by atoms with Crippen LogP contribution in [0.1, 0.15) is 49.0 Å². The normalized spacial score (nSPS) is 12.8. The van der Waals surface area contributed by atoms with Crippen molar-refractivity contribution < 1.29 is 19.1 Å². The standard InChI is InChI=1S/C22H27NO4S/c1-6-14(2)17-9-7-8-10-19(17)23-21(24)15(3)27-22(25)18-12-11-16(28-5)13-20(18)26-4/h7-15H,6H2,1-5H3,(H,23,24)/t14-,15-/m0/s1. The predicted octanol–water partition coefficient (Wildman–Crippen LogP) is 5.11. The van der Waals surface area contributed by atoms with Gasteiger partial charge in [0.15, 0.2) is 6.10 Å². The fraction of sp³-hybridized carbons (Fsp3) is 0.364. The van der Waals surface area contributed by atoms with Gasteiger partial charge >= 0.3 is 5.97 Å². The second-order valence-corrected chi connectivity index (χ2v) is 7.38. The lowest BCUT2D eigenvalue weighted by Crippen LogP contribution is -2.30. The molecule has 0 aromatic heterocycles. The maximum absolute atomic E-state index is 12.6. The van der Waals surface area contributed by atoms with E-state index in [1.54, 1.807) is 30.8 Å². The minimum Gasteiger partial charge on any atom is -0.496 e. The third kappa shape index (κ3) is 5.29. The van der Waals surface area contributed by atoms with Crippen LogP contribution in [0.15, 0.2) is 47.4 Å². The van der Waals surface area contributed by atoms with Gasteiger partial charge in [-0.25, -0.2) is 4.79 Å². The first kappa shape index (κ1) is 21.8. The van der Waals surface area contributed by atoms with Gasteiger partial charge in [-0.1, -0.05) is 32.0 Å². The lowest BCUT2D eigenvalue weighted by atomic mass is 9.97. The van der Waals surface area contributed by atoms with E-state index in [0.717, 1.165) is 22.6 Å². The highest BCUT2D eigenvalue weighted by Gasteiger charge is 2.22. The Bertz CT molecular complexity index is 837. The number of anilines is 1. The molecule has 5 nitrogen and oxygen atoms in total. The van der Waals surface area contributed by atoms with E-state index < -0.39 is 12.1 Å². The van der Waals surface area contributed by atoms with Crippen LogP contribution in [-0.4, -0.2) is 31.3 Å². The first-order valence-corrected chi connectivity index (χ1v) is 10.5. The number of para-hydroxylation sites is 1. The number of ether oxygens (including phenoxy) is 2. The molecular weight excluding hydrogens is 374 g/mol. The number of amides is 1. The zero-order valence-corrected chi connectivity index (χ0v) is 17.8. The van der Waals surface area contributed by atoms with Gasteiger partial charge in [-0.3, -0.25) is 4.79 Å². The number of methoxy groups -OCH3 is 1. The van der Waals surface area contributed by atoms with Crippen molar-refractivity contribution in [3.05, 3.63) is 53.6 Å². The third-order valence-electron chi connectivity index (χ3n) is 4.64. The minimum absolute atomic E-state index is 0.292. The molecule has 0 saturated heterocycles. The highest BCUT2D eigenvalue weighted by molar-refractivity contribution is 7.98. The van der Waals surface area contributed by atoms with E-state index in [0.29, 0.717) is 17.2 Å². The Balaban J connectivity index is 2.10. The van der Waals surface area contributed by atoms with Gasteiger partial charge in [0.25, 0.3) is 5.91 Å². The van der Waals surface area contributed by atoms with Crippen molar-refractivity contribution >= 4 is 29.3 Å². The second-order valence-electron chi connectivity index (χ2n) is 6.50. The lowest BCUT2D eigenvalue weighted by Gasteiger charge is -2.18. The van der Waals surface area contributed by atoms with Crippen LogP contribution in [0.25, 0.3) is 0 Å². The molecule has 2 rings (SSSR count). The maximum atomic E-state index is 12.6. The molecule has 0 aliphatic carbocycles. The fourth-order valence-electron chi connectivity index (χ4n) is 2.74. The molecule has 0 heterocycles. The SMILES string of the molecule is CC[C@H](C)c1ccccc1NC(=O)[C@H](C)OC(=O)c1ccc(SC)cc1OC. The largest absolute Gasteiger partial charge is 0.496 e. The third-order valence-corrected chi connectivity index (χ3v) is 5.37. The smallest absolute Gasteiger partial charge is 0.342 e. The van der Waals surface area contributed by atoms with E-state index in [-0.39, 0.29) is 5.91 Å². The molecule has 0 bridgehead atoms. The van der Waals surface area contributed by atoms with E-state index >= 15 is 0 Å². The Morgan fingerprint density at radius 2 is 1.86 bits per heavy atom. The van der Waals surface area contributed by atoms with Gasteiger partial charge < -0.3 is 14.8 Å². The van der Waals surface area contributed by atoms with Crippen LogP contribution < -0.4 is 10.1 Å². The molecule has 2 aromatic rings. The minimum atomic E-state index is -0.942. The number of hydrogen-bond acceptors (Lipinski definition) is 5. The van der Waals surface area contributed by atoms with E-state index in [1.165, 1.54) is 7.11 Å². The quantitative estimate of drug-likeness (QED) is 0.492. The van der Waals surface area contributed by atoms with Crippen LogP contribution in [0, 0.1) is 0 Å². The Hall–Kier alpha value is -2.47. The van der Waals surface area contributed by atoms with Gasteiger partial charge in [-0.05, 0) is 55.3 Å². The van der Waals surface area contributed by atoms with E-state index in [9.17, 15) is 9.59 Å². The van der Waals surface area contributed by atoms with Gasteiger partial charge in [0, 0.05) is 10.6 Å². The first-order chi connectivity index (χ1) is 13.4. The molecule has 28 heavy (non-hydrogen) atoms. The predicted molar refractivity (Wildman–Crippen MR) is 113 cm³/mol. The number of hydrogen-bond donors (Lipinski definition) is 1.